The quantitative estimate of drug-likeness (QED) is 0.590. The first-order valence-electron chi connectivity index (χ1n) is 10.5. The van der Waals surface area contributed by atoms with Crippen LogP contribution in [0, 0.1) is 13.8 Å². The summed E-state index contributed by atoms with van der Waals surface area (Å²) in [6.07, 6.45) is 0. The molecule has 162 valence electrons. The van der Waals surface area contributed by atoms with E-state index in [9.17, 15) is 9.00 Å². The Morgan fingerprint density at radius 1 is 1.00 bits per heavy atom. The van der Waals surface area contributed by atoms with Crippen molar-refractivity contribution in [3.05, 3.63) is 71.6 Å². The van der Waals surface area contributed by atoms with Gasteiger partial charge in [0.15, 0.2) is 0 Å². The Morgan fingerprint density at radius 2 is 1.68 bits per heavy atom. The molecule has 0 unspecified atom stereocenters. The van der Waals surface area contributed by atoms with E-state index in [-0.39, 0.29) is 17.4 Å². The molecule has 6 nitrogen and oxygen atoms in total. The lowest BCUT2D eigenvalue weighted by Crippen LogP contribution is -2.50. The first-order chi connectivity index (χ1) is 15.0. The molecule has 0 radical (unpaired) electrons. The van der Waals surface area contributed by atoms with Gasteiger partial charge in [0.1, 0.15) is 11.5 Å². The summed E-state index contributed by atoms with van der Waals surface area (Å²) >= 11 is 0. The summed E-state index contributed by atoms with van der Waals surface area (Å²) in [5.41, 5.74) is 3.87. The normalized spacial score (nSPS) is 15.2. The van der Waals surface area contributed by atoms with Crippen LogP contribution in [0.5, 0.6) is 0 Å². The van der Waals surface area contributed by atoms with E-state index in [4.69, 9.17) is 4.42 Å². The van der Waals surface area contributed by atoms with Gasteiger partial charge in [0.2, 0.25) is 11.8 Å². The Balaban J connectivity index is 1.31. The number of benzene rings is 2. The first kappa shape index (κ1) is 21.3. The molecule has 0 saturated carbocycles. The molecule has 2 aromatic carbocycles. The molecule has 31 heavy (non-hydrogen) atoms. The molecule has 0 spiro atoms. The fourth-order valence-electron chi connectivity index (χ4n) is 3.67. The molecule has 0 N–H and O–H groups in total. The van der Waals surface area contributed by atoms with Crippen molar-refractivity contribution in [2.24, 2.45) is 0 Å². The first-order valence-corrected chi connectivity index (χ1v) is 11.9. The monoisotopic (exact) mass is 437 g/mol. The number of anilines is 1. The topological polar surface area (TPSA) is 66.7 Å². The van der Waals surface area contributed by atoms with Crippen LogP contribution >= 0.6 is 0 Å². The molecular weight excluding hydrogens is 410 g/mol. The molecule has 1 aromatic heterocycles. The Morgan fingerprint density at radius 3 is 2.35 bits per heavy atom. The molecule has 4 rings (SSSR count). The largest absolute Gasteiger partial charge is 0.441 e. The van der Waals surface area contributed by atoms with Gasteiger partial charge in [0, 0.05) is 48.2 Å². The number of nitrogens with zero attached hydrogens (tertiary/aromatic N) is 3. The highest BCUT2D eigenvalue weighted by atomic mass is 32.2. The minimum atomic E-state index is -1.33. The van der Waals surface area contributed by atoms with Gasteiger partial charge < -0.3 is 14.2 Å². The predicted octanol–water partition coefficient (Wildman–Crippen LogP) is 3.56. The number of carbonyl (C=O) groups excluding carboxylic acids is 1. The zero-order valence-electron chi connectivity index (χ0n) is 17.9. The number of rotatable bonds is 6. The zero-order chi connectivity index (χ0) is 21.8. The second-order valence-electron chi connectivity index (χ2n) is 7.82. The van der Waals surface area contributed by atoms with Crippen molar-refractivity contribution in [3.8, 4) is 11.5 Å². The summed E-state index contributed by atoms with van der Waals surface area (Å²) in [6, 6.07) is 18.1. The van der Waals surface area contributed by atoms with Crippen molar-refractivity contribution in [2.75, 3.05) is 36.8 Å². The number of para-hydroxylation sites is 1. The van der Waals surface area contributed by atoms with Gasteiger partial charge in [-0.05, 0) is 38.1 Å². The molecular formula is C24H27N3O3S. The maximum Gasteiger partial charge on any atom is 0.235 e. The number of carbonyl (C=O) groups is 1. The van der Waals surface area contributed by atoms with Crippen LogP contribution in [0.3, 0.4) is 0 Å². The Bertz CT molecular complexity index is 1060. The lowest BCUT2D eigenvalue weighted by molar-refractivity contribution is -0.128. The number of oxazole rings is 1. The average Bonchev–Trinajstić information content (AvgIpc) is 3.15. The zero-order valence-corrected chi connectivity index (χ0v) is 18.7. The number of hydrogen-bond acceptors (Lipinski definition) is 5. The van der Waals surface area contributed by atoms with Gasteiger partial charge in [-0.2, -0.15) is 0 Å². The number of aromatic nitrogens is 1. The SMILES string of the molecule is Cc1ccc(-c2nc(C[S@@](=O)CC(=O)N3CCN(c4ccccc4)CC3)c(C)o2)cc1. The van der Waals surface area contributed by atoms with E-state index in [1.54, 1.807) is 0 Å². The third-order valence-electron chi connectivity index (χ3n) is 5.53. The molecule has 1 aliphatic rings. The Kier molecular flexibility index (Phi) is 6.51. The highest BCUT2D eigenvalue weighted by molar-refractivity contribution is 7.84. The van der Waals surface area contributed by atoms with E-state index in [1.807, 2.05) is 61.2 Å². The molecule has 3 aromatic rings. The van der Waals surface area contributed by atoms with Crippen molar-refractivity contribution >= 4 is 22.4 Å². The van der Waals surface area contributed by atoms with Crippen molar-refractivity contribution in [1.29, 1.82) is 0 Å². The lowest BCUT2D eigenvalue weighted by atomic mass is 10.1. The summed E-state index contributed by atoms with van der Waals surface area (Å²) in [5.74, 6) is 1.33. The second kappa shape index (κ2) is 9.47. The van der Waals surface area contributed by atoms with Gasteiger partial charge >= 0.3 is 0 Å². The van der Waals surface area contributed by atoms with E-state index in [1.165, 1.54) is 5.69 Å². The highest BCUT2D eigenvalue weighted by Gasteiger charge is 2.23. The van der Waals surface area contributed by atoms with Crippen molar-refractivity contribution in [2.45, 2.75) is 19.6 Å². The highest BCUT2D eigenvalue weighted by Crippen LogP contribution is 2.23. The summed E-state index contributed by atoms with van der Waals surface area (Å²) < 4.78 is 18.4. The predicted molar refractivity (Wildman–Crippen MR) is 123 cm³/mol. The fraction of sp³-hybridized carbons (Fsp3) is 0.333. The van der Waals surface area contributed by atoms with E-state index in [0.717, 1.165) is 24.2 Å². The Labute approximate surface area is 185 Å². The van der Waals surface area contributed by atoms with Crippen molar-refractivity contribution < 1.29 is 13.4 Å². The minimum Gasteiger partial charge on any atom is -0.441 e. The van der Waals surface area contributed by atoms with Crippen LogP contribution in [-0.4, -0.2) is 51.9 Å². The van der Waals surface area contributed by atoms with Crippen LogP contribution in [0.25, 0.3) is 11.5 Å². The van der Waals surface area contributed by atoms with Crippen LogP contribution < -0.4 is 4.90 Å². The maximum atomic E-state index is 12.7. The summed E-state index contributed by atoms with van der Waals surface area (Å²) in [5, 5.41) is 0. The van der Waals surface area contributed by atoms with E-state index >= 15 is 0 Å². The van der Waals surface area contributed by atoms with Gasteiger partial charge in [0.25, 0.3) is 0 Å². The van der Waals surface area contributed by atoms with Gasteiger partial charge in [0.05, 0.1) is 11.4 Å². The number of amides is 1. The second-order valence-corrected chi connectivity index (χ2v) is 9.28. The maximum absolute atomic E-state index is 12.7. The van der Waals surface area contributed by atoms with Crippen molar-refractivity contribution in [1.82, 2.24) is 9.88 Å². The van der Waals surface area contributed by atoms with Crippen LogP contribution in [-0.2, 0) is 21.3 Å². The molecule has 1 atom stereocenters. The molecule has 1 amide bonds. The number of piperazine rings is 1. The van der Waals surface area contributed by atoms with Crippen molar-refractivity contribution in [3.63, 3.8) is 0 Å². The van der Waals surface area contributed by atoms with Gasteiger partial charge in [-0.15, -0.1) is 0 Å². The third-order valence-corrected chi connectivity index (χ3v) is 6.69. The molecule has 1 saturated heterocycles. The number of hydrogen-bond donors (Lipinski definition) is 0. The van der Waals surface area contributed by atoms with Crippen LogP contribution in [0.1, 0.15) is 17.0 Å². The van der Waals surface area contributed by atoms with Gasteiger partial charge in [-0.1, -0.05) is 35.9 Å². The summed E-state index contributed by atoms with van der Waals surface area (Å²) in [6.45, 7) is 6.70. The van der Waals surface area contributed by atoms with E-state index in [0.29, 0.717) is 30.4 Å². The van der Waals surface area contributed by atoms with Crippen LogP contribution in [0.4, 0.5) is 5.69 Å². The third kappa shape index (κ3) is 5.22. The van der Waals surface area contributed by atoms with E-state index < -0.39 is 10.8 Å². The smallest absolute Gasteiger partial charge is 0.235 e. The summed E-state index contributed by atoms with van der Waals surface area (Å²) in [7, 11) is -1.33. The van der Waals surface area contributed by atoms with E-state index in [2.05, 4.69) is 22.0 Å². The molecule has 1 aliphatic heterocycles. The van der Waals surface area contributed by atoms with Crippen LogP contribution in [0.2, 0.25) is 0 Å². The van der Waals surface area contributed by atoms with Crippen LogP contribution in [0.15, 0.2) is 59.0 Å². The fourth-order valence-corrected chi connectivity index (χ4v) is 4.80. The molecule has 2 heterocycles. The average molecular weight is 438 g/mol. The number of aryl methyl sites for hydroxylation is 2. The minimum absolute atomic E-state index is 0.0114. The molecule has 1 fully saturated rings. The summed E-state index contributed by atoms with van der Waals surface area (Å²) in [4.78, 5) is 21.3. The molecule has 0 aliphatic carbocycles. The molecule has 7 heteroatoms. The Hall–Kier alpha value is -2.93. The van der Waals surface area contributed by atoms with Gasteiger partial charge in [-0.3, -0.25) is 9.00 Å². The lowest BCUT2D eigenvalue weighted by Gasteiger charge is -2.36. The standard InChI is InChI=1S/C24H27N3O3S/c1-18-8-10-20(11-9-18)24-25-22(19(2)30-24)16-31(29)17-23(28)27-14-12-26(13-15-27)21-6-4-3-5-7-21/h3-11H,12-17H2,1-2H3/t31-/m1/s1. The van der Waals surface area contributed by atoms with Gasteiger partial charge in [-0.25, -0.2) is 4.98 Å². The molecule has 0 bridgehead atoms.